The minimum Gasteiger partial charge on any atom is -0.495 e. The molecule has 8 heteroatoms. The van der Waals surface area contributed by atoms with Gasteiger partial charge in [-0.2, -0.15) is 9.78 Å². The standard InChI is InChI=1S/C31H29ClN4O3/c1-34-25-11-7-6-10-23(25)27-28(30(37)35-16-14-21(15-17-35)18-20-8-4-3-5-9-20)33-36(31(38)29(27)34)22-12-13-26(39-2)24(32)19-22/h3-13,19,21H,14-18H2,1-2H3. The molecule has 0 spiro atoms. The van der Waals surface area contributed by atoms with Crippen molar-refractivity contribution in [1.82, 2.24) is 19.2 Å². The first-order valence-corrected chi connectivity index (χ1v) is 13.5. The first kappa shape index (κ1) is 25.2. The van der Waals surface area contributed by atoms with Crippen molar-refractivity contribution in [3.8, 4) is 11.4 Å². The summed E-state index contributed by atoms with van der Waals surface area (Å²) in [6.07, 6.45) is 2.86. The third-order valence-electron chi connectivity index (χ3n) is 7.79. The van der Waals surface area contributed by atoms with E-state index in [9.17, 15) is 9.59 Å². The molecule has 5 aromatic rings. The smallest absolute Gasteiger partial charge is 0.296 e. The topological polar surface area (TPSA) is 69.4 Å². The van der Waals surface area contributed by atoms with Crippen molar-refractivity contribution in [1.29, 1.82) is 0 Å². The molecule has 39 heavy (non-hydrogen) atoms. The van der Waals surface area contributed by atoms with Crippen LogP contribution in [-0.2, 0) is 13.5 Å². The highest BCUT2D eigenvalue weighted by atomic mass is 35.5. The number of hydrogen-bond acceptors (Lipinski definition) is 4. The number of rotatable bonds is 5. The van der Waals surface area contributed by atoms with E-state index < -0.39 is 0 Å². The maximum Gasteiger partial charge on any atom is 0.296 e. The van der Waals surface area contributed by atoms with Gasteiger partial charge in [-0.25, -0.2) is 0 Å². The molecule has 1 amide bonds. The molecule has 0 unspecified atom stereocenters. The van der Waals surface area contributed by atoms with Crippen LogP contribution in [0.5, 0.6) is 5.75 Å². The SMILES string of the molecule is COc1ccc(-n2nc(C(=O)N3CCC(Cc4ccccc4)CC3)c3c4ccccc4n(C)c3c2=O)cc1Cl. The van der Waals surface area contributed by atoms with E-state index in [0.717, 1.165) is 30.2 Å². The number of benzene rings is 3. The number of methoxy groups -OCH3 is 1. The highest BCUT2D eigenvalue weighted by molar-refractivity contribution is 6.32. The van der Waals surface area contributed by atoms with Crippen molar-refractivity contribution < 1.29 is 9.53 Å². The minimum atomic E-state index is -0.317. The third kappa shape index (κ3) is 4.46. The maximum absolute atomic E-state index is 14.1. The van der Waals surface area contributed by atoms with Crippen LogP contribution in [0.1, 0.15) is 28.9 Å². The van der Waals surface area contributed by atoms with E-state index in [0.29, 0.717) is 46.4 Å². The van der Waals surface area contributed by atoms with Gasteiger partial charge in [-0.1, -0.05) is 60.1 Å². The number of carbonyl (C=O) groups excluding carboxylic acids is 1. The van der Waals surface area contributed by atoms with Gasteiger partial charge >= 0.3 is 0 Å². The molecular formula is C31H29ClN4O3. The van der Waals surface area contributed by atoms with Gasteiger partial charge in [-0.3, -0.25) is 9.59 Å². The molecule has 0 radical (unpaired) electrons. The lowest BCUT2D eigenvalue weighted by atomic mass is 9.90. The van der Waals surface area contributed by atoms with E-state index in [-0.39, 0.29) is 17.2 Å². The Hall–Kier alpha value is -4.10. The maximum atomic E-state index is 14.1. The molecule has 1 fully saturated rings. The number of aryl methyl sites for hydroxylation is 1. The van der Waals surface area contributed by atoms with Crippen LogP contribution in [0, 0.1) is 5.92 Å². The molecule has 3 heterocycles. The number of para-hydroxylation sites is 1. The van der Waals surface area contributed by atoms with Gasteiger partial charge in [0, 0.05) is 36.4 Å². The van der Waals surface area contributed by atoms with Crippen LogP contribution in [0.25, 0.3) is 27.5 Å². The minimum absolute atomic E-state index is 0.164. The fourth-order valence-corrected chi connectivity index (χ4v) is 5.98. The highest BCUT2D eigenvalue weighted by Gasteiger charge is 2.29. The number of halogens is 1. The molecule has 0 saturated carbocycles. The van der Waals surface area contributed by atoms with Crippen LogP contribution in [0.4, 0.5) is 0 Å². The van der Waals surface area contributed by atoms with E-state index in [1.807, 2.05) is 46.8 Å². The average Bonchev–Trinajstić information content (AvgIpc) is 3.27. The molecule has 0 bridgehead atoms. The van der Waals surface area contributed by atoms with E-state index >= 15 is 0 Å². The molecule has 1 aliphatic rings. The van der Waals surface area contributed by atoms with Crippen LogP contribution in [0.15, 0.2) is 77.6 Å². The fourth-order valence-electron chi connectivity index (χ4n) is 5.73. The second-order valence-corrected chi connectivity index (χ2v) is 10.5. The molecular weight excluding hydrogens is 512 g/mol. The van der Waals surface area contributed by atoms with Gasteiger partial charge in [-0.05, 0) is 55.0 Å². The molecule has 198 valence electrons. The molecule has 7 nitrogen and oxygen atoms in total. The second-order valence-electron chi connectivity index (χ2n) is 10.1. The lowest BCUT2D eigenvalue weighted by molar-refractivity contribution is 0.0685. The molecule has 0 aliphatic carbocycles. The van der Waals surface area contributed by atoms with Crippen LogP contribution < -0.4 is 10.3 Å². The largest absolute Gasteiger partial charge is 0.495 e. The van der Waals surface area contributed by atoms with E-state index in [2.05, 4.69) is 24.3 Å². The van der Waals surface area contributed by atoms with E-state index in [1.54, 1.807) is 18.2 Å². The van der Waals surface area contributed by atoms with Gasteiger partial charge in [0.15, 0.2) is 5.69 Å². The molecule has 0 N–H and O–H groups in total. The van der Waals surface area contributed by atoms with Gasteiger partial charge in [0.05, 0.1) is 17.8 Å². The number of amides is 1. The Labute approximate surface area is 231 Å². The summed E-state index contributed by atoms with van der Waals surface area (Å²) in [5, 5.41) is 6.47. The number of aromatic nitrogens is 3. The average molecular weight is 541 g/mol. The van der Waals surface area contributed by atoms with Gasteiger partial charge in [-0.15, -0.1) is 0 Å². The molecule has 0 atom stereocenters. The quantitative estimate of drug-likeness (QED) is 0.289. The summed E-state index contributed by atoms with van der Waals surface area (Å²) in [5.74, 6) is 0.856. The van der Waals surface area contributed by atoms with Crippen molar-refractivity contribution in [3.63, 3.8) is 0 Å². The summed E-state index contributed by atoms with van der Waals surface area (Å²) < 4.78 is 8.40. The monoisotopic (exact) mass is 540 g/mol. The van der Waals surface area contributed by atoms with Crippen LogP contribution in [0.3, 0.4) is 0 Å². The van der Waals surface area contributed by atoms with E-state index in [1.165, 1.54) is 17.4 Å². The summed E-state index contributed by atoms with van der Waals surface area (Å²) in [6.45, 7) is 1.30. The highest BCUT2D eigenvalue weighted by Crippen LogP contribution is 2.31. The van der Waals surface area contributed by atoms with Crippen molar-refractivity contribution in [2.45, 2.75) is 19.3 Å². The number of nitrogens with zero attached hydrogens (tertiary/aromatic N) is 4. The van der Waals surface area contributed by atoms with Crippen LogP contribution in [0.2, 0.25) is 5.02 Å². The number of fused-ring (bicyclic) bond motifs is 3. The van der Waals surface area contributed by atoms with Crippen molar-refractivity contribution in [2.75, 3.05) is 20.2 Å². The number of likely N-dealkylation sites (tertiary alicyclic amines) is 1. The molecule has 2 aromatic heterocycles. The molecule has 1 aliphatic heterocycles. The first-order chi connectivity index (χ1) is 19.0. The summed E-state index contributed by atoms with van der Waals surface area (Å²) in [7, 11) is 3.38. The van der Waals surface area contributed by atoms with E-state index in [4.69, 9.17) is 21.4 Å². The number of hydrogen-bond donors (Lipinski definition) is 0. The predicted octanol–water partition coefficient (Wildman–Crippen LogP) is 5.63. The summed E-state index contributed by atoms with van der Waals surface area (Å²) in [6, 6.07) is 23.3. The summed E-state index contributed by atoms with van der Waals surface area (Å²) >= 11 is 6.39. The molecule has 3 aromatic carbocycles. The number of piperidine rings is 1. The zero-order chi connectivity index (χ0) is 27.1. The van der Waals surface area contributed by atoms with Crippen molar-refractivity contribution in [2.24, 2.45) is 13.0 Å². The Balaban J connectivity index is 1.42. The lowest BCUT2D eigenvalue weighted by Gasteiger charge is -2.32. The first-order valence-electron chi connectivity index (χ1n) is 13.1. The Bertz CT molecular complexity index is 1750. The Morgan fingerprint density at radius 1 is 1.03 bits per heavy atom. The van der Waals surface area contributed by atoms with Crippen molar-refractivity contribution >= 4 is 39.3 Å². The number of carbonyl (C=O) groups is 1. The van der Waals surface area contributed by atoms with Crippen molar-refractivity contribution in [3.05, 3.63) is 99.4 Å². The Kier molecular flexibility index (Phi) is 6.61. The summed E-state index contributed by atoms with van der Waals surface area (Å²) in [4.78, 5) is 29.8. The Morgan fingerprint density at radius 2 is 1.74 bits per heavy atom. The van der Waals surface area contributed by atoms with Gasteiger partial charge in [0.2, 0.25) is 0 Å². The van der Waals surface area contributed by atoms with Crippen LogP contribution in [-0.4, -0.2) is 45.4 Å². The summed E-state index contributed by atoms with van der Waals surface area (Å²) in [5.41, 5.74) is 3.05. The zero-order valence-electron chi connectivity index (χ0n) is 21.9. The normalized spacial score (nSPS) is 14.3. The zero-order valence-corrected chi connectivity index (χ0v) is 22.7. The molecule has 6 rings (SSSR count). The number of ether oxygens (including phenoxy) is 1. The predicted molar refractivity (Wildman–Crippen MR) is 154 cm³/mol. The van der Waals surface area contributed by atoms with Gasteiger partial charge in [0.25, 0.3) is 11.5 Å². The third-order valence-corrected chi connectivity index (χ3v) is 8.09. The second kappa shape index (κ2) is 10.2. The fraction of sp³-hybridized carbons (Fsp3) is 0.258. The van der Waals surface area contributed by atoms with Gasteiger partial charge < -0.3 is 14.2 Å². The van der Waals surface area contributed by atoms with Gasteiger partial charge in [0.1, 0.15) is 11.3 Å². The lowest BCUT2D eigenvalue weighted by Crippen LogP contribution is -2.40. The molecule has 1 saturated heterocycles. The van der Waals surface area contributed by atoms with Crippen LogP contribution >= 0.6 is 11.6 Å². The Morgan fingerprint density at radius 3 is 2.46 bits per heavy atom.